The number of hydrogen-bond donors (Lipinski definition) is 0. The van der Waals surface area contributed by atoms with Crippen molar-refractivity contribution in [1.29, 1.82) is 0 Å². The molecule has 24 heavy (non-hydrogen) atoms. The third kappa shape index (κ3) is 5.20. The second-order valence-corrected chi connectivity index (χ2v) is 8.58. The van der Waals surface area contributed by atoms with Gasteiger partial charge < -0.3 is 14.4 Å². The molecule has 1 aliphatic carbocycles. The molecule has 2 rings (SSSR count). The summed E-state index contributed by atoms with van der Waals surface area (Å²) in [6.07, 6.45) is 3.94. The number of ether oxygens (including phenoxy) is 2. The van der Waals surface area contributed by atoms with E-state index in [4.69, 9.17) is 9.47 Å². The summed E-state index contributed by atoms with van der Waals surface area (Å²) in [5.41, 5.74) is 0.300. The zero-order valence-corrected chi connectivity index (χ0v) is 15.8. The maximum Gasteiger partial charge on any atom is 0.309 e. The molecular formula is C19H33NO4. The van der Waals surface area contributed by atoms with Crippen LogP contribution in [0.25, 0.3) is 0 Å². The van der Waals surface area contributed by atoms with Crippen LogP contribution in [0.1, 0.15) is 60.3 Å². The molecule has 2 atom stereocenters. The Hall–Kier alpha value is -1.10. The maximum atomic E-state index is 12.3. The lowest BCUT2D eigenvalue weighted by Gasteiger charge is -2.36. The fourth-order valence-electron chi connectivity index (χ4n) is 3.92. The largest absolute Gasteiger partial charge is 0.455 e. The molecule has 1 saturated carbocycles. The molecule has 1 saturated heterocycles. The fraction of sp³-hybridized carbons (Fsp3) is 0.895. The SMILES string of the molecule is C[C@@H]1CN(C(=O)COC(=O)C2CCC(C(C)(C)C)CC2)C[C@H](C)O1. The molecule has 1 amide bonds. The lowest BCUT2D eigenvalue weighted by Crippen LogP contribution is -2.49. The van der Waals surface area contributed by atoms with E-state index >= 15 is 0 Å². The van der Waals surface area contributed by atoms with Crippen molar-refractivity contribution in [2.45, 2.75) is 72.5 Å². The standard InChI is InChI=1S/C19H33NO4/c1-13-10-20(11-14(2)24-13)17(21)12-23-18(22)15-6-8-16(9-7-15)19(3,4)5/h13-16H,6-12H2,1-5H3/t13-,14+,15?,16?. The number of rotatable bonds is 3. The number of esters is 1. The molecule has 0 aromatic rings. The van der Waals surface area contributed by atoms with E-state index < -0.39 is 0 Å². The third-order valence-electron chi connectivity index (χ3n) is 5.40. The molecular weight excluding hydrogens is 306 g/mol. The van der Waals surface area contributed by atoms with Gasteiger partial charge in [0.05, 0.1) is 18.1 Å². The molecule has 1 heterocycles. The predicted octanol–water partition coefficient (Wildman–Crippen LogP) is 3.02. The molecule has 2 fully saturated rings. The van der Waals surface area contributed by atoms with Gasteiger partial charge in [0.25, 0.3) is 5.91 Å². The van der Waals surface area contributed by atoms with Crippen molar-refractivity contribution in [2.24, 2.45) is 17.3 Å². The van der Waals surface area contributed by atoms with Crippen LogP contribution in [-0.4, -0.2) is 48.7 Å². The van der Waals surface area contributed by atoms with Crippen LogP contribution in [0.15, 0.2) is 0 Å². The first kappa shape index (κ1) is 19.2. The smallest absolute Gasteiger partial charge is 0.309 e. The average molecular weight is 339 g/mol. The monoisotopic (exact) mass is 339 g/mol. The van der Waals surface area contributed by atoms with Gasteiger partial charge in [-0.05, 0) is 50.9 Å². The Labute approximate surface area is 146 Å². The Kier molecular flexibility index (Phi) is 6.29. The molecule has 0 spiro atoms. The highest BCUT2D eigenvalue weighted by molar-refractivity contribution is 5.81. The van der Waals surface area contributed by atoms with Crippen LogP contribution in [0.4, 0.5) is 0 Å². The summed E-state index contributed by atoms with van der Waals surface area (Å²) in [6.45, 7) is 11.7. The summed E-state index contributed by atoms with van der Waals surface area (Å²) in [5, 5.41) is 0. The Morgan fingerprint density at radius 3 is 2.08 bits per heavy atom. The topological polar surface area (TPSA) is 55.8 Å². The van der Waals surface area contributed by atoms with E-state index in [1.165, 1.54) is 0 Å². The van der Waals surface area contributed by atoms with Crippen molar-refractivity contribution in [3.63, 3.8) is 0 Å². The molecule has 1 aliphatic heterocycles. The van der Waals surface area contributed by atoms with Crippen LogP contribution in [0, 0.1) is 17.3 Å². The van der Waals surface area contributed by atoms with Gasteiger partial charge in [-0.2, -0.15) is 0 Å². The van der Waals surface area contributed by atoms with Gasteiger partial charge in [-0.1, -0.05) is 20.8 Å². The van der Waals surface area contributed by atoms with E-state index in [1.807, 2.05) is 13.8 Å². The summed E-state index contributed by atoms with van der Waals surface area (Å²) in [7, 11) is 0. The molecule has 138 valence electrons. The molecule has 2 aliphatic rings. The van der Waals surface area contributed by atoms with Gasteiger partial charge >= 0.3 is 5.97 Å². The van der Waals surface area contributed by atoms with Crippen LogP contribution >= 0.6 is 0 Å². The highest BCUT2D eigenvalue weighted by Gasteiger charge is 2.33. The number of carbonyl (C=O) groups excluding carboxylic acids is 2. The summed E-state index contributed by atoms with van der Waals surface area (Å²) in [5.74, 6) is 0.303. The second kappa shape index (κ2) is 7.85. The molecule has 5 heteroatoms. The van der Waals surface area contributed by atoms with Crippen LogP contribution in [0.5, 0.6) is 0 Å². The second-order valence-electron chi connectivity index (χ2n) is 8.58. The number of hydrogen-bond acceptors (Lipinski definition) is 4. The van der Waals surface area contributed by atoms with Gasteiger partial charge in [0.2, 0.25) is 0 Å². The Bertz CT molecular complexity index is 439. The van der Waals surface area contributed by atoms with E-state index in [1.54, 1.807) is 4.90 Å². The van der Waals surface area contributed by atoms with Crippen molar-refractivity contribution >= 4 is 11.9 Å². The summed E-state index contributed by atoms with van der Waals surface area (Å²) >= 11 is 0. The van der Waals surface area contributed by atoms with Gasteiger partial charge in [0.1, 0.15) is 0 Å². The zero-order chi connectivity index (χ0) is 17.9. The lowest BCUT2D eigenvalue weighted by atomic mass is 9.70. The predicted molar refractivity (Wildman–Crippen MR) is 92.5 cm³/mol. The van der Waals surface area contributed by atoms with Gasteiger partial charge in [-0.25, -0.2) is 0 Å². The summed E-state index contributed by atoms with van der Waals surface area (Å²) in [4.78, 5) is 26.2. The molecule has 0 unspecified atom stereocenters. The molecule has 0 aromatic carbocycles. The zero-order valence-electron chi connectivity index (χ0n) is 15.8. The first-order chi connectivity index (χ1) is 11.2. The van der Waals surface area contributed by atoms with Crippen LogP contribution < -0.4 is 0 Å². The van der Waals surface area contributed by atoms with Gasteiger partial charge in [-0.15, -0.1) is 0 Å². The van der Waals surface area contributed by atoms with E-state index in [9.17, 15) is 9.59 Å². The highest BCUT2D eigenvalue weighted by atomic mass is 16.5. The number of nitrogens with zero attached hydrogens (tertiary/aromatic N) is 1. The summed E-state index contributed by atoms with van der Waals surface area (Å²) < 4.78 is 10.9. The van der Waals surface area contributed by atoms with E-state index in [0.717, 1.165) is 25.7 Å². The fourth-order valence-corrected chi connectivity index (χ4v) is 3.92. The number of carbonyl (C=O) groups is 2. The minimum absolute atomic E-state index is 0.0288. The third-order valence-corrected chi connectivity index (χ3v) is 5.40. The van der Waals surface area contributed by atoms with Crippen molar-refractivity contribution in [2.75, 3.05) is 19.7 Å². The number of morpholine rings is 1. The maximum absolute atomic E-state index is 12.3. The normalized spacial score (nSPS) is 31.6. The minimum Gasteiger partial charge on any atom is -0.455 e. The molecule has 0 radical (unpaired) electrons. The first-order valence-electron chi connectivity index (χ1n) is 9.26. The Morgan fingerprint density at radius 2 is 1.58 bits per heavy atom. The molecule has 0 N–H and O–H groups in total. The van der Waals surface area contributed by atoms with E-state index in [-0.39, 0.29) is 36.6 Å². The Balaban J connectivity index is 1.74. The van der Waals surface area contributed by atoms with Crippen LogP contribution in [0.3, 0.4) is 0 Å². The number of amides is 1. The quantitative estimate of drug-likeness (QED) is 0.742. The van der Waals surface area contributed by atoms with Crippen molar-refractivity contribution in [3.8, 4) is 0 Å². The van der Waals surface area contributed by atoms with Crippen LogP contribution in [-0.2, 0) is 19.1 Å². The van der Waals surface area contributed by atoms with Crippen molar-refractivity contribution in [1.82, 2.24) is 4.90 Å². The average Bonchev–Trinajstić information content (AvgIpc) is 2.50. The van der Waals surface area contributed by atoms with E-state index in [2.05, 4.69) is 20.8 Å². The van der Waals surface area contributed by atoms with Gasteiger partial charge in [0, 0.05) is 13.1 Å². The van der Waals surface area contributed by atoms with Gasteiger partial charge in [0.15, 0.2) is 6.61 Å². The molecule has 0 aromatic heterocycles. The highest BCUT2D eigenvalue weighted by Crippen LogP contribution is 2.40. The first-order valence-corrected chi connectivity index (χ1v) is 9.26. The van der Waals surface area contributed by atoms with Crippen LogP contribution in [0.2, 0.25) is 0 Å². The van der Waals surface area contributed by atoms with Crippen molar-refractivity contribution in [3.05, 3.63) is 0 Å². The Morgan fingerprint density at radius 1 is 1.04 bits per heavy atom. The summed E-state index contributed by atoms with van der Waals surface area (Å²) in [6, 6.07) is 0. The minimum atomic E-state index is -0.204. The lowest BCUT2D eigenvalue weighted by molar-refractivity contribution is -0.160. The van der Waals surface area contributed by atoms with Gasteiger partial charge in [-0.3, -0.25) is 9.59 Å². The van der Waals surface area contributed by atoms with E-state index in [0.29, 0.717) is 24.4 Å². The molecule has 5 nitrogen and oxygen atoms in total. The van der Waals surface area contributed by atoms with Crippen molar-refractivity contribution < 1.29 is 19.1 Å². The molecule has 0 bridgehead atoms.